The second-order valence-corrected chi connectivity index (χ2v) is 8.99. The van der Waals surface area contributed by atoms with E-state index < -0.39 is 11.7 Å². The molecule has 2 amide bonds. The molecule has 9 nitrogen and oxygen atoms in total. The topological polar surface area (TPSA) is 115 Å². The Morgan fingerprint density at radius 3 is 2.58 bits per heavy atom. The molecule has 0 heterocycles. The highest BCUT2D eigenvalue weighted by Gasteiger charge is 2.28. The minimum absolute atomic E-state index is 0.111. The van der Waals surface area contributed by atoms with Crippen LogP contribution in [-0.2, 0) is 9.53 Å². The van der Waals surface area contributed by atoms with E-state index in [1.54, 1.807) is 32.3 Å². The molecule has 0 radical (unpaired) electrons. The van der Waals surface area contributed by atoms with Crippen molar-refractivity contribution in [1.82, 2.24) is 10.2 Å². The number of hydrogen-bond donors (Lipinski definition) is 3. The number of ether oxygens (including phenoxy) is 1. The van der Waals surface area contributed by atoms with Gasteiger partial charge >= 0.3 is 0 Å². The number of anilines is 1. The Hall–Kier alpha value is -2.20. The van der Waals surface area contributed by atoms with Gasteiger partial charge in [0.05, 0.1) is 34.6 Å². The summed E-state index contributed by atoms with van der Waals surface area (Å²) >= 11 is 6.25. The molecule has 1 aliphatic rings. The van der Waals surface area contributed by atoms with Gasteiger partial charge in [0, 0.05) is 34.3 Å². The minimum Gasteiger partial charge on any atom is -0.389 e. The predicted molar refractivity (Wildman–Crippen MR) is 129 cm³/mol. The lowest BCUT2D eigenvalue weighted by molar-refractivity contribution is -0.124. The number of aliphatic hydroxyl groups excluding tert-OH is 1. The zero-order chi connectivity index (χ0) is 24.4. The van der Waals surface area contributed by atoms with Crippen LogP contribution < -0.4 is 10.3 Å². The molecule has 0 spiro atoms. The molecule has 1 saturated carbocycles. The van der Waals surface area contributed by atoms with Crippen LogP contribution in [0.4, 0.5) is 5.69 Å². The highest BCUT2D eigenvalue weighted by Crippen LogP contribution is 2.27. The first-order chi connectivity index (χ1) is 15.6. The SMILES string of the molecule is COCC(O)CN(C)C(=O)/C=N\N(C)c1ccc(Cl)c(C(=O)NCC2(O)CCCCCC2)c1. The van der Waals surface area contributed by atoms with Gasteiger partial charge in [0.2, 0.25) is 0 Å². The zero-order valence-corrected chi connectivity index (χ0v) is 20.3. The molecule has 1 aromatic rings. The summed E-state index contributed by atoms with van der Waals surface area (Å²) < 4.78 is 4.86. The summed E-state index contributed by atoms with van der Waals surface area (Å²) in [6.07, 6.45) is 5.78. The molecular formula is C23H35ClN4O5. The molecule has 0 aliphatic heterocycles. The van der Waals surface area contributed by atoms with E-state index in [0.717, 1.165) is 31.9 Å². The molecule has 1 atom stereocenters. The van der Waals surface area contributed by atoms with Crippen LogP contribution >= 0.6 is 11.6 Å². The number of likely N-dealkylation sites (N-methyl/N-ethyl adjacent to an activating group) is 1. The van der Waals surface area contributed by atoms with Crippen LogP contribution in [0.15, 0.2) is 23.3 Å². The van der Waals surface area contributed by atoms with E-state index in [1.807, 2.05) is 0 Å². The number of halogens is 1. The van der Waals surface area contributed by atoms with Crippen LogP contribution in [0.2, 0.25) is 5.02 Å². The monoisotopic (exact) mass is 482 g/mol. The van der Waals surface area contributed by atoms with Gasteiger partial charge in [0.1, 0.15) is 6.21 Å². The Morgan fingerprint density at radius 1 is 1.27 bits per heavy atom. The van der Waals surface area contributed by atoms with Crippen molar-refractivity contribution >= 4 is 35.3 Å². The smallest absolute Gasteiger partial charge is 0.266 e. The van der Waals surface area contributed by atoms with E-state index in [-0.39, 0.29) is 42.1 Å². The van der Waals surface area contributed by atoms with Gasteiger partial charge in [-0.3, -0.25) is 14.6 Å². The number of carbonyl (C=O) groups excluding carboxylic acids is 2. The van der Waals surface area contributed by atoms with Gasteiger partial charge in [-0.1, -0.05) is 37.3 Å². The molecule has 1 unspecified atom stereocenters. The average molecular weight is 483 g/mol. The van der Waals surface area contributed by atoms with Crippen molar-refractivity contribution < 1.29 is 24.5 Å². The third kappa shape index (κ3) is 8.58. The fraction of sp³-hybridized carbons (Fsp3) is 0.609. The van der Waals surface area contributed by atoms with Crippen molar-refractivity contribution in [1.29, 1.82) is 0 Å². The summed E-state index contributed by atoms with van der Waals surface area (Å²) in [6.45, 7) is 0.415. The lowest BCUT2D eigenvalue weighted by Crippen LogP contribution is -2.42. The van der Waals surface area contributed by atoms with Gasteiger partial charge in [0.25, 0.3) is 11.8 Å². The van der Waals surface area contributed by atoms with Crippen LogP contribution in [0.3, 0.4) is 0 Å². The van der Waals surface area contributed by atoms with Gasteiger partial charge in [-0.25, -0.2) is 0 Å². The second kappa shape index (κ2) is 12.9. The molecule has 1 aliphatic carbocycles. The summed E-state index contributed by atoms with van der Waals surface area (Å²) in [6, 6.07) is 4.86. The number of benzene rings is 1. The summed E-state index contributed by atoms with van der Waals surface area (Å²) in [5.41, 5.74) is -0.0657. The summed E-state index contributed by atoms with van der Waals surface area (Å²) in [4.78, 5) is 26.3. The Labute approximate surface area is 200 Å². The Bertz CT molecular complexity index is 827. The maximum absolute atomic E-state index is 12.8. The molecule has 0 bridgehead atoms. The molecular weight excluding hydrogens is 448 g/mol. The predicted octanol–water partition coefficient (Wildman–Crippen LogP) is 2.04. The summed E-state index contributed by atoms with van der Waals surface area (Å²) in [7, 11) is 4.67. The van der Waals surface area contributed by atoms with Gasteiger partial charge in [-0.05, 0) is 31.0 Å². The number of carbonyl (C=O) groups is 2. The van der Waals surface area contributed by atoms with Crippen LogP contribution in [0.5, 0.6) is 0 Å². The van der Waals surface area contributed by atoms with E-state index in [4.69, 9.17) is 16.3 Å². The number of hydrazone groups is 1. The fourth-order valence-electron chi connectivity index (χ4n) is 3.74. The highest BCUT2D eigenvalue weighted by molar-refractivity contribution is 6.34. The van der Waals surface area contributed by atoms with Gasteiger partial charge < -0.3 is 25.2 Å². The number of rotatable bonds is 10. The van der Waals surface area contributed by atoms with E-state index in [0.29, 0.717) is 18.5 Å². The van der Waals surface area contributed by atoms with Gasteiger partial charge in [-0.15, -0.1) is 0 Å². The maximum Gasteiger partial charge on any atom is 0.266 e. The molecule has 0 saturated heterocycles. The average Bonchev–Trinajstić information content (AvgIpc) is 3.00. The Morgan fingerprint density at radius 2 is 1.94 bits per heavy atom. The molecule has 3 N–H and O–H groups in total. The fourth-order valence-corrected chi connectivity index (χ4v) is 3.95. The van der Waals surface area contributed by atoms with E-state index in [1.165, 1.54) is 17.0 Å². The van der Waals surface area contributed by atoms with Crippen LogP contribution in [-0.4, -0.2) is 85.7 Å². The largest absolute Gasteiger partial charge is 0.389 e. The highest BCUT2D eigenvalue weighted by atomic mass is 35.5. The van der Waals surface area contributed by atoms with Crippen molar-refractivity contribution in [3.05, 3.63) is 28.8 Å². The molecule has 33 heavy (non-hydrogen) atoms. The second-order valence-electron chi connectivity index (χ2n) is 8.58. The molecule has 184 valence electrons. The van der Waals surface area contributed by atoms with Crippen molar-refractivity contribution in [3.63, 3.8) is 0 Å². The van der Waals surface area contributed by atoms with Gasteiger partial charge in [0.15, 0.2) is 0 Å². The van der Waals surface area contributed by atoms with E-state index in [2.05, 4.69) is 10.4 Å². The number of hydrogen-bond acceptors (Lipinski definition) is 7. The van der Waals surface area contributed by atoms with Crippen molar-refractivity contribution in [2.45, 2.75) is 50.2 Å². The van der Waals surface area contributed by atoms with Crippen LogP contribution in [0, 0.1) is 0 Å². The quantitative estimate of drug-likeness (QED) is 0.267. The Balaban J connectivity index is 2.00. The molecule has 1 aromatic carbocycles. The third-order valence-electron chi connectivity index (χ3n) is 5.74. The first-order valence-electron chi connectivity index (χ1n) is 11.1. The minimum atomic E-state index is -0.888. The Kier molecular flexibility index (Phi) is 10.6. The number of amides is 2. The maximum atomic E-state index is 12.8. The lowest BCUT2D eigenvalue weighted by atomic mass is 9.94. The molecule has 2 rings (SSSR count). The normalized spacial score (nSPS) is 16.8. The van der Waals surface area contributed by atoms with Crippen molar-refractivity contribution in [2.24, 2.45) is 5.10 Å². The number of aliphatic hydroxyl groups is 2. The number of nitrogens with zero attached hydrogens (tertiary/aromatic N) is 3. The summed E-state index contributed by atoms with van der Waals surface area (Å²) in [5.74, 6) is -0.764. The first kappa shape index (κ1) is 27.0. The first-order valence-corrected chi connectivity index (χ1v) is 11.5. The lowest BCUT2D eigenvalue weighted by Gasteiger charge is -2.27. The van der Waals surface area contributed by atoms with Gasteiger partial charge in [-0.2, -0.15) is 5.10 Å². The van der Waals surface area contributed by atoms with Crippen molar-refractivity contribution in [3.8, 4) is 0 Å². The van der Waals surface area contributed by atoms with E-state index >= 15 is 0 Å². The van der Waals surface area contributed by atoms with E-state index in [9.17, 15) is 19.8 Å². The molecule has 0 aromatic heterocycles. The zero-order valence-electron chi connectivity index (χ0n) is 19.6. The van der Waals surface area contributed by atoms with Crippen molar-refractivity contribution in [2.75, 3.05) is 45.9 Å². The summed E-state index contributed by atoms with van der Waals surface area (Å²) in [5, 5.41) is 29.2. The molecule has 10 heteroatoms. The van der Waals surface area contributed by atoms with Crippen LogP contribution in [0.25, 0.3) is 0 Å². The number of nitrogens with one attached hydrogen (secondary N) is 1. The molecule has 1 fully saturated rings. The van der Waals surface area contributed by atoms with Crippen LogP contribution in [0.1, 0.15) is 48.9 Å². The number of methoxy groups -OCH3 is 1. The standard InChI is InChI=1S/C23H35ClN4O5/c1-27(14-18(29)15-33-3)21(30)13-26-28(2)17-8-9-20(24)19(12-17)22(31)25-16-23(32)10-6-4-5-7-11-23/h8-9,12-13,18,29,32H,4-7,10-11,14-16H2,1-3H3,(H,25,31)/b26-13-. The third-order valence-corrected chi connectivity index (χ3v) is 6.07.